The molecule has 2 aliphatic rings. The summed E-state index contributed by atoms with van der Waals surface area (Å²) in [7, 11) is 0. The van der Waals surface area contributed by atoms with Gasteiger partial charge in [-0.3, -0.25) is 4.99 Å². The molecule has 0 aliphatic carbocycles. The first kappa shape index (κ1) is 11.8. The van der Waals surface area contributed by atoms with Crippen LogP contribution in [0, 0.1) is 0 Å². The van der Waals surface area contributed by atoms with Gasteiger partial charge in [0.05, 0.1) is 11.0 Å². The minimum absolute atomic E-state index is 0.239. The third-order valence-corrected chi connectivity index (χ3v) is 4.14. The maximum absolute atomic E-state index is 5.59. The van der Waals surface area contributed by atoms with E-state index in [0.717, 1.165) is 24.4 Å². The van der Waals surface area contributed by atoms with Gasteiger partial charge < -0.3 is 4.90 Å². The van der Waals surface area contributed by atoms with Gasteiger partial charge in [0.2, 0.25) is 0 Å². The van der Waals surface area contributed by atoms with Crippen LogP contribution < -0.4 is 0 Å². The van der Waals surface area contributed by atoms with Crippen LogP contribution >= 0.6 is 12.2 Å². The molecule has 0 amide bonds. The Balaban J connectivity index is 1.90. The van der Waals surface area contributed by atoms with E-state index in [4.69, 9.17) is 17.2 Å². The maximum atomic E-state index is 5.59. The summed E-state index contributed by atoms with van der Waals surface area (Å²) in [5.74, 6) is 1.22. The molecule has 0 bridgehead atoms. The molecule has 94 valence electrons. The summed E-state index contributed by atoms with van der Waals surface area (Å²) in [6, 6.07) is 10.8. The molecule has 3 heteroatoms. The van der Waals surface area contributed by atoms with Crippen molar-refractivity contribution in [3.05, 3.63) is 35.9 Å². The van der Waals surface area contributed by atoms with E-state index in [1.165, 1.54) is 30.7 Å². The molecule has 0 radical (unpaired) electrons. The molecule has 1 aromatic rings. The molecule has 0 N–H and O–H groups in total. The number of rotatable bonds is 1. The van der Waals surface area contributed by atoms with Gasteiger partial charge in [-0.1, -0.05) is 49.0 Å². The number of aliphatic imine (C=N–C) groups is 1. The van der Waals surface area contributed by atoms with Gasteiger partial charge in [-0.05, 0) is 18.4 Å². The highest BCUT2D eigenvalue weighted by Crippen LogP contribution is 2.29. The van der Waals surface area contributed by atoms with Crippen LogP contribution in [-0.2, 0) is 0 Å². The summed E-state index contributed by atoms with van der Waals surface area (Å²) < 4.78 is 0. The average Bonchev–Trinajstić information content (AvgIpc) is 2.65. The second-order valence-corrected chi connectivity index (χ2v) is 5.50. The quantitative estimate of drug-likeness (QED) is 0.713. The molecule has 0 aromatic heterocycles. The SMILES string of the molecule is S=C1CC(c2ccccc2)N=C2CCCCCN12. The topological polar surface area (TPSA) is 15.6 Å². The normalized spacial score (nSPS) is 24.2. The fourth-order valence-electron chi connectivity index (χ4n) is 2.77. The highest BCUT2D eigenvalue weighted by molar-refractivity contribution is 7.80. The first-order valence-electron chi connectivity index (χ1n) is 6.76. The van der Waals surface area contributed by atoms with Crippen molar-refractivity contribution in [1.29, 1.82) is 0 Å². The number of nitrogens with zero attached hydrogens (tertiary/aromatic N) is 2. The summed E-state index contributed by atoms with van der Waals surface area (Å²) >= 11 is 5.59. The Bertz CT molecular complexity index is 467. The van der Waals surface area contributed by atoms with Crippen molar-refractivity contribution >= 4 is 23.0 Å². The van der Waals surface area contributed by atoms with E-state index >= 15 is 0 Å². The van der Waals surface area contributed by atoms with Crippen LogP contribution in [0.5, 0.6) is 0 Å². The predicted octanol–water partition coefficient (Wildman–Crippen LogP) is 3.73. The third-order valence-electron chi connectivity index (χ3n) is 3.75. The van der Waals surface area contributed by atoms with E-state index in [1.54, 1.807) is 0 Å². The van der Waals surface area contributed by atoms with Crippen LogP contribution in [0.2, 0.25) is 0 Å². The van der Waals surface area contributed by atoms with Gasteiger partial charge in [0.15, 0.2) is 0 Å². The Morgan fingerprint density at radius 3 is 2.78 bits per heavy atom. The van der Waals surface area contributed by atoms with Crippen LogP contribution in [0.25, 0.3) is 0 Å². The molecule has 2 nitrogen and oxygen atoms in total. The van der Waals surface area contributed by atoms with Gasteiger partial charge in [-0.25, -0.2) is 0 Å². The zero-order valence-electron chi connectivity index (χ0n) is 10.5. The lowest BCUT2D eigenvalue weighted by atomic mass is 10.0. The van der Waals surface area contributed by atoms with Crippen LogP contribution in [0.1, 0.15) is 43.7 Å². The van der Waals surface area contributed by atoms with Gasteiger partial charge in [0.1, 0.15) is 5.84 Å². The van der Waals surface area contributed by atoms with Gasteiger partial charge in [-0.2, -0.15) is 0 Å². The number of benzene rings is 1. The lowest BCUT2D eigenvalue weighted by Crippen LogP contribution is -2.39. The molecule has 18 heavy (non-hydrogen) atoms. The second-order valence-electron chi connectivity index (χ2n) is 5.03. The predicted molar refractivity (Wildman–Crippen MR) is 79.0 cm³/mol. The monoisotopic (exact) mass is 258 g/mol. The van der Waals surface area contributed by atoms with E-state index in [2.05, 4.69) is 35.2 Å². The van der Waals surface area contributed by atoms with E-state index in [0.29, 0.717) is 0 Å². The molecular weight excluding hydrogens is 240 g/mol. The van der Waals surface area contributed by atoms with Gasteiger partial charge in [0.25, 0.3) is 0 Å². The molecule has 0 saturated carbocycles. The second kappa shape index (κ2) is 5.19. The smallest absolute Gasteiger partial charge is 0.104 e. The van der Waals surface area contributed by atoms with E-state index < -0.39 is 0 Å². The van der Waals surface area contributed by atoms with Gasteiger partial charge in [-0.15, -0.1) is 0 Å². The first-order valence-corrected chi connectivity index (χ1v) is 7.17. The average molecular weight is 258 g/mol. The molecular formula is C15H18N2S. The van der Waals surface area contributed by atoms with Crippen molar-refractivity contribution in [1.82, 2.24) is 4.90 Å². The Hall–Kier alpha value is -1.22. The minimum atomic E-state index is 0.239. The number of hydrogen-bond acceptors (Lipinski definition) is 2. The molecule has 1 atom stereocenters. The fourth-order valence-corrected chi connectivity index (χ4v) is 3.12. The fraction of sp³-hybridized carbons (Fsp3) is 0.467. The number of hydrogen-bond donors (Lipinski definition) is 0. The lowest BCUT2D eigenvalue weighted by Gasteiger charge is -2.32. The molecule has 1 aromatic carbocycles. The molecule has 2 aliphatic heterocycles. The molecule has 0 spiro atoms. The van der Waals surface area contributed by atoms with Crippen LogP contribution in [0.4, 0.5) is 0 Å². The molecule has 1 fully saturated rings. The van der Waals surface area contributed by atoms with Crippen LogP contribution in [-0.4, -0.2) is 22.3 Å². The van der Waals surface area contributed by atoms with Crippen LogP contribution in [0.3, 0.4) is 0 Å². The van der Waals surface area contributed by atoms with E-state index in [-0.39, 0.29) is 6.04 Å². The summed E-state index contributed by atoms with van der Waals surface area (Å²) in [6.45, 7) is 1.07. The Labute approximate surface area is 114 Å². The highest BCUT2D eigenvalue weighted by Gasteiger charge is 2.27. The number of thiocarbonyl (C=S) groups is 1. The zero-order valence-corrected chi connectivity index (χ0v) is 11.3. The third kappa shape index (κ3) is 2.32. The number of fused-ring (bicyclic) bond motifs is 1. The van der Waals surface area contributed by atoms with E-state index in [1.807, 2.05) is 0 Å². The maximum Gasteiger partial charge on any atom is 0.104 e. The Morgan fingerprint density at radius 2 is 1.94 bits per heavy atom. The molecule has 1 unspecified atom stereocenters. The van der Waals surface area contributed by atoms with Crippen molar-refractivity contribution in [3.63, 3.8) is 0 Å². The van der Waals surface area contributed by atoms with Crippen molar-refractivity contribution in [2.45, 2.75) is 38.1 Å². The van der Waals surface area contributed by atoms with Crippen LogP contribution in [0.15, 0.2) is 35.3 Å². The number of amidine groups is 1. The highest BCUT2D eigenvalue weighted by atomic mass is 32.1. The van der Waals surface area contributed by atoms with Gasteiger partial charge in [0, 0.05) is 19.4 Å². The lowest BCUT2D eigenvalue weighted by molar-refractivity contribution is 0.540. The molecule has 1 saturated heterocycles. The minimum Gasteiger partial charge on any atom is -0.325 e. The Morgan fingerprint density at radius 1 is 1.11 bits per heavy atom. The molecule has 3 rings (SSSR count). The van der Waals surface area contributed by atoms with E-state index in [9.17, 15) is 0 Å². The van der Waals surface area contributed by atoms with Crippen molar-refractivity contribution in [2.75, 3.05) is 6.54 Å². The summed E-state index contributed by atoms with van der Waals surface area (Å²) in [5, 5.41) is 0. The van der Waals surface area contributed by atoms with Crippen molar-refractivity contribution < 1.29 is 0 Å². The summed E-state index contributed by atoms with van der Waals surface area (Å²) in [5.41, 5.74) is 1.29. The van der Waals surface area contributed by atoms with Crippen molar-refractivity contribution in [3.8, 4) is 0 Å². The summed E-state index contributed by atoms with van der Waals surface area (Å²) in [6.07, 6.45) is 5.77. The van der Waals surface area contributed by atoms with Gasteiger partial charge >= 0.3 is 0 Å². The largest absolute Gasteiger partial charge is 0.325 e. The van der Waals surface area contributed by atoms with Crippen molar-refractivity contribution in [2.24, 2.45) is 4.99 Å². The summed E-state index contributed by atoms with van der Waals surface area (Å²) in [4.78, 5) is 8.30. The molecule has 2 heterocycles. The zero-order chi connectivity index (χ0) is 12.4. The standard InChI is InChI=1S/C15H18N2S/c18-15-11-13(12-7-3-1-4-8-12)16-14-9-5-2-6-10-17(14)15/h1,3-4,7-8,13H,2,5-6,9-11H2. The Kier molecular flexibility index (Phi) is 3.41. The first-order chi connectivity index (χ1) is 8.84.